The summed E-state index contributed by atoms with van der Waals surface area (Å²) in [5, 5.41) is 0. The van der Waals surface area contributed by atoms with E-state index < -0.39 is 6.17 Å². The fraction of sp³-hybridized carbons (Fsp3) is 1.00. The Morgan fingerprint density at radius 2 is 1.87 bits per heavy atom. The van der Waals surface area contributed by atoms with Gasteiger partial charge in [-0.3, -0.25) is 0 Å². The first-order valence-electron chi connectivity index (χ1n) is 6.52. The van der Waals surface area contributed by atoms with Gasteiger partial charge >= 0.3 is 0 Å². The summed E-state index contributed by atoms with van der Waals surface area (Å²) in [4.78, 5) is 0. The first-order valence-corrected chi connectivity index (χ1v) is 6.52. The largest absolute Gasteiger partial charge is 0.247 e. The van der Waals surface area contributed by atoms with E-state index in [1.54, 1.807) is 0 Å². The van der Waals surface area contributed by atoms with Crippen molar-refractivity contribution in [1.29, 1.82) is 0 Å². The lowest BCUT2D eigenvalue weighted by molar-refractivity contribution is 0.0412. The molecule has 1 heteroatoms. The van der Waals surface area contributed by atoms with E-state index in [9.17, 15) is 4.39 Å². The molecule has 15 heavy (non-hydrogen) atoms. The highest BCUT2D eigenvalue weighted by molar-refractivity contribution is 4.88. The third-order valence-corrected chi connectivity index (χ3v) is 4.70. The first-order chi connectivity index (χ1) is 6.88. The van der Waals surface area contributed by atoms with Gasteiger partial charge in [0.25, 0.3) is 0 Å². The van der Waals surface area contributed by atoms with Crippen LogP contribution >= 0.6 is 0 Å². The van der Waals surface area contributed by atoms with Crippen molar-refractivity contribution in [3.8, 4) is 0 Å². The van der Waals surface area contributed by atoms with Gasteiger partial charge in [-0.2, -0.15) is 0 Å². The van der Waals surface area contributed by atoms with Crippen molar-refractivity contribution in [2.45, 2.75) is 66.5 Å². The maximum Gasteiger partial charge on any atom is 0.103 e. The molecule has 1 fully saturated rings. The molecule has 3 unspecified atom stereocenters. The summed E-state index contributed by atoms with van der Waals surface area (Å²) in [6, 6.07) is 0. The first kappa shape index (κ1) is 13.0. The molecule has 0 nitrogen and oxygen atoms in total. The normalized spacial score (nSPS) is 33.4. The van der Waals surface area contributed by atoms with Crippen molar-refractivity contribution in [1.82, 2.24) is 0 Å². The van der Waals surface area contributed by atoms with E-state index in [-0.39, 0.29) is 0 Å². The molecule has 0 bridgehead atoms. The summed E-state index contributed by atoms with van der Waals surface area (Å²) in [6.07, 6.45) is 3.71. The maximum atomic E-state index is 14.0. The van der Waals surface area contributed by atoms with Crippen molar-refractivity contribution < 1.29 is 4.39 Å². The van der Waals surface area contributed by atoms with E-state index in [1.165, 1.54) is 6.42 Å². The molecule has 1 rings (SSSR count). The lowest BCUT2D eigenvalue weighted by atomic mass is 9.65. The summed E-state index contributed by atoms with van der Waals surface area (Å²) in [7, 11) is 0. The number of halogens is 1. The summed E-state index contributed by atoms with van der Waals surface area (Å²) in [5.41, 5.74) is 0.326. The van der Waals surface area contributed by atoms with Crippen molar-refractivity contribution >= 4 is 0 Å². The highest BCUT2D eigenvalue weighted by Gasteiger charge is 2.38. The summed E-state index contributed by atoms with van der Waals surface area (Å²) in [5.74, 6) is 1.41. The van der Waals surface area contributed by atoms with Gasteiger partial charge < -0.3 is 0 Å². The van der Waals surface area contributed by atoms with E-state index in [0.717, 1.165) is 19.3 Å². The third kappa shape index (κ3) is 2.95. The van der Waals surface area contributed by atoms with Crippen LogP contribution in [0.2, 0.25) is 0 Å². The van der Waals surface area contributed by atoms with E-state index in [2.05, 4.69) is 34.6 Å². The lowest BCUT2D eigenvalue weighted by Crippen LogP contribution is -2.35. The molecule has 0 aromatic carbocycles. The van der Waals surface area contributed by atoms with Crippen molar-refractivity contribution in [2.24, 2.45) is 23.2 Å². The minimum atomic E-state index is -0.561. The van der Waals surface area contributed by atoms with E-state index in [0.29, 0.717) is 23.2 Å². The number of rotatable bonds is 3. The molecule has 1 aliphatic carbocycles. The SMILES string of the molecule is CCC(C)(C)C1CCC(C(C)C)C(F)C1. The average Bonchev–Trinajstić information content (AvgIpc) is 2.17. The molecule has 0 amide bonds. The molecule has 0 radical (unpaired) electrons. The Morgan fingerprint density at radius 1 is 1.27 bits per heavy atom. The van der Waals surface area contributed by atoms with Gasteiger partial charge in [0.15, 0.2) is 0 Å². The third-order valence-electron chi connectivity index (χ3n) is 4.70. The summed E-state index contributed by atoms with van der Waals surface area (Å²) in [6.45, 7) is 11.1. The van der Waals surface area contributed by atoms with Gasteiger partial charge in [0.1, 0.15) is 6.17 Å². The fourth-order valence-electron chi connectivity index (χ4n) is 2.89. The van der Waals surface area contributed by atoms with Crippen LogP contribution in [-0.4, -0.2) is 6.17 Å². The highest BCUT2D eigenvalue weighted by atomic mass is 19.1. The van der Waals surface area contributed by atoms with Gasteiger partial charge in [-0.15, -0.1) is 0 Å². The van der Waals surface area contributed by atoms with Gasteiger partial charge in [-0.05, 0) is 42.4 Å². The lowest BCUT2D eigenvalue weighted by Gasteiger charge is -2.41. The number of hydrogen-bond acceptors (Lipinski definition) is 0. The van der Waals surface area contributed by atoms with Crippen LogP contribution < -0.4 is 0 Å². The Bertz CT molecular complexity index is 196. The smallest absolute Gasteiger partial charge is 0.103 e. The molecule has 0 aromatic rings. The van der Waals surface area contributed by atoms with Gasteiger partial charge in [0.05, 0.1) is 0 Å². The van der Waals surface area contributed by atoms with E-state index in [1.807, 2.05) is 0 Å². The van der Waals surface area contributed by atoms with Gasteiger partial charge in [-0.25, -0.2) is 4.39 Å². The zero-order valence-electron chi connectivity index (χ0n) is 11.0. The molecule has 1 aliphatic rings. The quantitative estimate of drug-likeness (QED) is 0.631. The zero-order chi connectivity index (χ0) is 11.6. The van der Waals surface area contributed by atoms with Gasteiger partial charge in [0.2, 0.25) is 0 Å². The molecule has 0 aromatic heterocycles. The Labute approximate surface area is 94.6 Å². The van der Waals surface area contributed by atoms with E-state index in [4.69, 9.17) is 0 Å². The van der Waals surface area contributed by atoms with Crippen LogP contribution in [-0.2, 0) is 0 Å². The minimum Gasteiger partial charge on any atom is -0.247 e. The topological polar surface area (TPSA) is 0 Å². The average molecular weight is 214 g/mol. The molecule has 0 spiro atoms. The Hall–Kier alpha value is -0.0700. The highest BCUT2D eigenvalue weighted by Crippen LogP contribution is 2.44. The van der Waals surface area contributed by atoms with Crippen molar-refractivity contribution in [3.63, 3.8) is 0 Å². The standard InChI is InChI=1S/C14H27F/c1-6-14(4,5)11-7-8-12(10(2)3)13(15)9-11/h10-13H,6-9H2,1-5H3. The van der Waals surface area contributed by atoms with Crippen LogP contribution in [0.15, 0.2) is 0 Å². The Balaban J connectivity index is 2.58. The predicted molar refractivity (Wildman–Crippen MR) is 64.6 cm³/mol. The second-order valence-corrected chi connectivity index (χ2v) is 6.28. The number of alkyl halides is 1. The predicted octanol–water partition coefficient (Wildman–Crippen LogP) is 4.83. The maximum absolute atomic E-state index is 14.0. The molecule has 0 heterocycles. The van der Waals surface area contributed by atoms with Crippen molar-refractivity contribution in [3.05, 3.63) is 0 Å². The van der Waals surface area contributed by atoms with Gasteiger partial charge in [-0.1, -0.05) is 41.0 Å². The van der Waals surface area contributed by atoms with Crippen LogP contribution in [0.1, 0.15) is 60.3 Å². The Morgan fingerprint density at radius 3 is 2.27 bits per heavy atom. The monoisotopic (exact) mass is 214 g/mol. The molecule has 0 N–H and O–H groups in total. The van der Waals surface area contributed by atoms with Crippen LogP contribution in [0.3, 0.4) is 0 Å². The van der Waals surface area contributed by atoms with Crippen LogP contribution in [0, 0.1) is 23.2 Å². The molecule has 0 saturated heterocycles. The van der Waals surface area contributed by atoms with Crippen LogP contribution in [0.4, 0.5) is 4.39 Å². The summed E-state index contributed by atoms with van der Waals surface area (Å²) < 4.78 is 14.0. The number of hydrogen-bond donors (Lipinski definition) is 0. The second kappa shape index (κ2) is 4.84. The van der Waals surface area contributed by atoms with Gasteiger partial charge in [0, 0.05) is 0 Å². The molecule has 1 saturated carbocycles. The molecule has 0 aliphatic heterocycles. The summed E-state index contributed by atoms with van der Waals surface area (Å²) >= 11 is 0. The Kier molecular flexibility index (Phi) is 4.20. The molecule has 3 atom stereocenters. The van der Waals surface area contributed by atoms with Crippen molar-refractivity contribution in [2.75, 3.05) is 0 Å². The fourth-order valence-corrected chi connectivity index (χ4v) is 2.89. The zero-order valence-corrected chi connectivity index (χ0v) is 11.0. The second-order valence-electron chi connectivity index (χ2n) is 6.28. The van der Waals surface area contributed by atoms with Crippen LogP contribution in [0.25, 0.3) is 0 Å². The molecular formula is C14H27F. The minimum absolute atomic E-state index is 0.314. The van der Waals surface area contributed by atoms with Crippen LogP contribution in [0.5, 0.6) is 0 Å². The molecular weight excluding hydrogens is 187 g/mol. The molecule has 90 valence electrons. The van der Waals surface area contributed by atoms with E-state index >= 15 is 0 Å².